The predicted molar refractivity (Wildman–Crippen MR) is 133 cm³/mol. The van der Waals surface area contributed by atoms with Crippen molar-refractivity contribution in [2.75, 3.05) is 26.2 Å². The van der Waals surface area contributed by atoms with Crippen LogP contribution in [0.2, 0.25) is 0 Å². The van der Waals surface area contributed by atoms with Crippen molar-refractivity contribution in [3.63, 3.8) is 0 Å². The third-order valence-corrected chi connectivity index (χ3v) is 5.22. The second kappa shape index (κ2) is 13.2. The molecule has 2 aromatic rings. The Morgan fingerprint density at radius 1 is 1.23 bits per heavy atom. The number of piperidine rings is 1. The zero-order valence-corrected chi connectivity index (χ0v) is 20.6. The van der Waals surface area contributed by atoms with Crippen LogP contribution in [0.3, 0.4) is 0 Å². The molecular formula is C23H33IN4O3. The predicted octanol–water partition coefficient (Wildman–Crippen LogP) is 4.36. The standard InChI is InChI=1S/C23H32N4O3.HI/c1-3-29-23(28)27-15-12-20(13-16-27)26-22(24-14-11-21-10-7-17-30-21)25-18(2)19-8-5-4-6-9-19;/h4-10,17-18,20H,3,11-16H2,1-2H3,(H2,24,25,26);1H. The van der Waals surface area contributed by atoms with Gasteiger partial charge < -0.3 is 24.7 Å². The first-order valence-electron chi connectivity index (χ1n) is 10.7. The monoisotopic (exact) mass is 540 g/mol. The van der Waals surface area contributed by atoms with Gasteiger partial charge in [-0.05, 0) is 44.4 Å². The molecule has 1 aliphatic rings. The quantitative estimate of drug-likeness (QED) is 0.310. The van der Waals surface area contributed by atoms with Gasteiger partial charge in [0.2, 0.25) is 0 Å². The maximum atomic E-state index is 11.9. The van der Waals surface area contributed by atoms with Gasteiger partial charge >= 0.3 is 6.09 Å². The number of hydrogen-bond acceptors (Lipinski definition) is 4. The van der Waals surface area contributed by atoms with Gasteiger partial charge in [-0.2, -0.15) is 0 Å². The fourth-order valence-electron chi connectivity index (χ4n) is 3.51. The highest BCUT2D eigenvalue weighted by Gasteiger charge is 2.24. The number of benzene rings is 1. The molecule has 0 spiro atoms. The number of likely N-dealkylation sites (tertiary alicyclic amines) is 1. The van der Waals surface area contributed by atoms with Gasteiger partial charge in [0.15, 0.2) is 5.96 Å². The Labute approximate surface area is 201 Å². The summed E-state index contributed by atoms with van der Waals surface area (Å²) in [5, 5.41) is 7.08. The number of nitrogens with zero attached hydrogens (tertiary/aromatic N) is 2. The largest absolute Gasteiger partial charge is 0.469 e. The summed E-state index contributed by atoms with van der Waals surface area (Å²) in [6.45, 7) is 6.37. The fraction of sp³-hybridized carbons (Fsp3) is 0.478. The van der Waals surface area contributed by atoms with Crippen LogP contribution in [0, 0.1) is 0 Å². The Morgan fingerprint density at radius 3 is 2.61 bits per heavy atom. The molecule has 1 unspecified atom stereocenters. The minimum Gasteiger partial charge on any atom is -0.469 e. The maximum absolute atomic E-state index is 11.9. The average molecular weight is 540 g/mol. The molecule has 31 heavy (non-hydrogen) atoms. The third-order valence-electron chi connectivity index (χ3n) is 5.22. The molecule has 3 rings (SSSR count). The lowest BCUT2D eigenvalue weighted by molar-refractivity contribution is 0.0963. The van der Waals surface area contributed by atoms with Crippen LogP contribution in [0.1, 0.15) is 44.1 Å². The molecule has 7 nitrogen and oxygen atoms in total. The smallest absolute Gasteiger partial charge is 0.409 e. The summed E-state index contributed by atoms with van der Waals surface area (Å²) < 4.78 is 10.5. The summed E-state index contributed by atoms with van der Waals surface area (Å²) in [5.74, 6) is 1.71. The van der Waals surface area contributed by atoms with Crippen molar-refractivity contribution in [1.82, 2.24) is 15.5 Å². The van der Waals surface area contributed by atoms with Crippen molar-refractivity contribution in [2.24, 2.45) is 4.99 Å². The number of halogens is 1. The number of nitrogens with one attached hydrogen (secondary N) is 2. The van der Waals surface area contributed by atoms with Crippen LogP contribution >= 0.6 is 24.0 Å². The van der Waals surface area contributed by atoms with Crippen LogP contribution < -0.4 is 10.6 Å². The van der Waals surface area contributed by atoms with Crippen LogP contribution in [-0.4, -0.2) is 49.2 Å². The molecule has 8 heteroatoms. The SMILES string of the molecule is CCOC(=O)N1CCC(NC(=NCCc2ccco2)NC(C)c2ccccc2)CC1.I. The fourth-order valence-corrected chi connectivity index (χ4v) is 3.51. The molecule has 0 bridgehead atoms. The Hall–Kier alpha value is -2.23. The second-order valence-corrected chi connectivity index (χ2v) is 7.44. The summed E-state index contributed by atoms with van der Waals surface area (Å²) in [4.78, 5) is 18.5. The minimum absolute atomic E-state index is 0. The van der Waals surface area contributed by atoms with E-state index in [2.05, 4.69) is 29.7 Å². The van der Waals surface area contributed by atoms with Crippen molar-refractivity contribution in [3.05, 3.63) is 60.1 Å². The molecule has 0 saturated carbocycles. The summed E-state index contributed by atoms with van der Waals surface area (Å²) >= 11 is 0. The van der Waals surface area contributed by atoms with Gasteiger partial charge in [0, 0.05) is 32.1 Å². The van der Waals surface area contributed by atoms with Gasteiger partial charge in [-0.25, -0.2) is 4.79 Å². The molecule has 1 atom stereocenters. The van der Waals surface area contributed by atoms with E-state index in [1.165, 1.54) is 5.56 Å². The molecule has 2 heterocycles. The van der Waals surface area contributed by atoms with Gasteiger partial charge in [-0.3, -0.25) is 4.99 Å². The number of carbonyl (C=O) groups is 1. The van der Waals surface area contributed by atoms with Gasteiger partial charge in [0.1, 0.15) is 5.76 Å². The number of rotatable bonds is 7. The van der Waals surface area contributed by atoms with E-state index in [9.17, 15) is 4.79 Å². The van der Waals surface area contributed by atoms with Crippen LogP contribution in [0.25, 0.3) is 0 Å². The Bertz CT molecular complexity index is 790. The molecular weight excluding hydrogens is 507 g/mol. The number of aliphatic imine (C=N–C) groups is 1. The zero-order valence-electron chi connectivity index (χ0n) is 18.3. The Balaban J connectivity index is 0.00000341. The molecule has 170 valence electrons. The summed E-state index contributed by atoms with van der Waals surface area (Å²) in [5.41, 5.74) is 1.20. The van der Waals surface area contributed by atoms with E-state index in [4.69, 9.17) is 14.1 Å². The lowest BCUT2D eigenvalue weighted by Gasteiger charge is -2.33. The van der Waals surface area contributed by atoms with Crippen LogP contribution in [0.15, 0.2) is 58.1 Å². The normalized spacial score (nSPS) is 15.7. The first-order chi connectivity index (χ1) is 14.7. The van der Waals surface area contributed by atoms with Crippen LogP contribution in [0.5, 0.6) is 0 Å². The van der Waals surface area contributed by atoms with Gasteiger partial charge in [-0.15, -0.1) is 24.0 Å². The van der Waals surface area contributed by atoms with Crippen LogP contribution in [0.4, 0.5) is 4.79 Å². The Morgan fingerprint density at radius 2 is 1.97 bits per heavy atom. The molecule has 2 N–H and O–H groups in total. The topological polar surface area (TPSA) is 79.1 Å². The number of ether oxygens (including phenoxy) is 1. The summed E-state index contributed by atoms with van der Waals surface area (Å²) in [6, 6.07) is 14.6. The Kier molecular flexibility index (Phi) is 10.7. The number of carbonyl (C=O) groups excluding carboxylic acids is 1. The molecule has 1 aromatic heterocycles. The van der Waals surface area contributed by atoms with Crippen molar-refractivity contribution in [2.45, 2.75) is 45.2 Å². The van der Waals surface area contributed by atoms with Gasteiger partial charge in [0.05, 0.1) is 18.9 Å². The van der Waals surface area contributed by atoms with E-state index in [1.807, 2.05) is 37.3 Å². The lowest BCUT2D eigenvalue weighted by Crippen LogP contribution is -2.50. The summed E-state index contributed by atoms with van der Waals surface area (Å²) in [6.07, 6.45) is 3.93. The van der Waals surface area contributed by atoms with E-state index in [-0.39, 0.29) is 42.2 Å². The highest BCUT2D eigenvalue weighted by atomic mass is 127. The van der Waals surface area contributed by atoms with E-state index >= 15 is 0 Å². The molecule has 1 aromatic carbocycles. The first kappa shape index (κ1) is 25.0. The molecule has 0 radical (unpaired) electrons. The molecule has 1 aliphatic heterocycles. The van der Waals surface area contributed by atoms with Crippen molar-refractivity contribution >= 4 is 36.0 Å². The molecule has 1 fully saturated rings. The molecule has 1 saturated heterocycles. The van der Waals surface area contributed by atoms with E-state index in [0.29, 0.717) is 26.2 Å². The summed E-state index contributed by atoms with van der Waals surface area (Å²) in [7, 11) is 0. The van der Waals surface area contributed by atoms with Crippen molar-refractivity contribution < 1.29 is 13.9 Å². The number of hydrogen-bond donors (Lipinski definition) is 2. The zero-order chi connectivity index (χ0) is 21.2. The third kappa shape index (κ3) is 8.08. The molecule has 1 amide bonds. The lowest BCUT2D eigenvalue weighted by atomic mass is 10.1. The van der Waals surface area contributed by atoms with Gasteiger partial charge in [-0.1, -0.05) is 30.3 Å². The van der Waals surface area contributed by atoms with E-state index in [0.717, 1.165) is 31.0 Å². The van der Waals surface area contributed by atoms with E-state index < -0.39 is 0 Å². The highest BCUT2D eigenvalue weighted by molar-refractivity contribution is 14.0. The van der Waals surface area contributed by atoms with Gasteiger partial charge in [0.25, 0.3) is 0 Å². The number of guanidine groups is 1. The van der Waals surface area contributed by atoms with E-state index in [1.54, 1.807) is 11.2 Å². The molecule has 0 aliphatic carbocycles. The average Bonchev–Trinajstić information content (AvgIpc) is 3.28. The minimum atomic E-state index is -0.223. The van der Waals surface area contributed by atoms with Crippen LogP contribution in [-0.2, 0) is 11.2 Å². The highest BCUT2D eigenvalue weighted by Crippen LogP contribution is 2.14. The number of furan rings is 1. The maximum Gasteiger partial charge on any atom is 0.409 e. The van der Waals surface area contributed by atoms with Crippen molar-refractivity contribution in [3.8, 4) is 0 Å². The first-order valence-corrected chi connectivity index (χ1v) is 10.7. The van der Waals surface area contributed by atoms with Crippen molar-refractivity contribution in [1.29, 1.82) is 0 Å². The second-order valence-electron chi connectivity index (χ2n) is 7.44. The number of amides is 1.